The average molecular weight is 345 g/mol. The Morgan fingerprint density at radius 1 is 1.32 bits per heavy atom. The van der Waals surface area contributed by atoms with Gasteiger partial charge in [0.2, 0.25) is 5.91 Å². The number of anilines is 1. The number of likely N-dealkylation sites (tertiary alicyclic amines) is 1. The van der Waals surface area contributed by atoms with Crippen molar-refractivity contribution in [2.75, 3.05) is 24.6 Å². The summed E-state index contributed by atoms with van der Waals surface area (Å²) in [6, 6.07) is 4.59. The number of β-amino-alcohol motifs (C(OH)–C–C–N with tert-alkyl or cyclic N) is 1. The molecule has 0 saturated carbocycles. The molecule has 2 saturated heterocycles. The zero-order valence-electron chi connectivity index (χ0n) is 12.0. The zero-order chi connectivity index (χ0) is 15.9. The van der Waals surface area contributed by atoms with Gasteiger partial charge in [-0.25, -0.2) is 0 Å². The molecule has 3 unspecified atom stereocenters. The molecule has 0 aliphatic carbocycles. The Balaban J connectivity index is 1.80. The number of aliphatic hydroxyl groups excluding tert-OH is 2. The van der Waals surface area contributed by atoms with E-state index in [4.69, 9.17) is 23.2 Å². The van der Waals surface area contributed by atoms with Crippen LogP contribution in [0.15, 0.2) is 18.2 Å². The van der Waals surface area contributed by atoms with Gasteiger partial charge in [0.1, 0.15) is 0 Å². The van der Waals surface area contributed by atoms with Crippen LogP contribution >= 0.6 is 23.2 Å². The van der Waals surface area contributed by atoms with Gasteiger partial charge in [0.05, 0.1) is 29.5 Å². The first-order valence-electron chi connectivity index (χ1n) is 7.32. The Bertz CT molecular complexity index is 584. The lowest BCUT2D eigenvalue weighted by Gasteiger charge is -2.28. The minimum Gasteiger partial charge on any atom is -0.395 e. The van der Waals surface area contributed by atoms with E-state index in [2.05, 4.69) is 0 Å². The van der Waals surface area contributed by atoms with E-state index in [1.54, 1.807) is 23.1 Å². The molecule has 0 spiro atoms. The fraction of sp³-hybridized carbons (Fsp3) is 0.533. The van der Waals surface area contributed by atoms with Gasteiger partial charge in [0.15, 0.2) is 0 Å². The van der Waals surface area contributed by atoms with Crippen LogP contribution in [0.5, 0.6) is 0 Å². The van der Waals surface area contributed by atoms with Crippen LogP contribution in [0.4, 0.5) is 5.69 Å². The number of nitrogens with zero attached hydrogens (tertiary/aromatic N) is 2. The molecule has 3 rings (SSSR count). The Morgan fingerprint density at radius 3 is 2.77 bits per heavy atom. The first-order chi connectivity index (χ1) is 10.5. The minimum absolute atomic E-state index is 0.0447. The van der Waals surface area contributed by atoms with Gasteiger partial charge >= 0.3 is 0 Å². The van der Waals surface area contributed by atoms with Crippen molar-refractivity contribution in [1.82, 2.24) is 4.90 Å². The molecule has 2 aliphatic rings. The number of hydrogen-bond donors (Lipinski definition) is 2. The zero-order valence-corrected chi connectivity index (χ0v) is 13.5. The van der Waals surface area contributed by atoms with Crippen molar-refractivity contribution < 1.29 is 15.0 Å². The van der Waals surface area contributed by atoms with Gasteiger partial charge in [-0.05, 0) is 31.0 Å². The Morgan fingerprint density at radius 2 is 2.09 bits per heavy atom. The van der Waals surface area contributed by atoms with Gasteiger partial charge in [-0.1, -0.05) is 23.2 Å². The molecule has 3 atom stereocenters. The fourth-order valence-corrected chi connectivity index (χ4v) is 3.90. The molecule has 2 N–H and O–H groups in total. The van der Waals surface area contributed by atoms with Gasteiger partial charge < -0.3 is 15.1 Å². The maximum atomic E-state index is 12.7. The monoisotopic (exact) mass is 344 g/mol. The van der Waals surface area contributed by atoms with E-state index in [-0.39, 0.29) is 24.6 Å². The van der Waals surface area contributed by atoms with E-state index in [0.717, 1.165) is 0 Å². The summed E-state index contributed by atoms with van der Waals surface area (Å²) in [4.78, 5) is 16.3. The van der Waals surface area contributed by atoms with Crippen LogP contribution in [0.2, 0.25) is 10.0 Å². The highest BCUT2D eigenvalue weighted by molar-refractivity contribution is 6.36. The average Bonchev–Trinajstić information content (AvgIpc) is 3.02. The predicted octanol–water partition coefficient (Wildman–Crippen LogP) is 1.53. The number of amides is 1. The van der Waals surface area contributed by atoms with Crippen LogP contribution in [0.25, 0.3) is 0 Å². The summed E-state index contributed by atoms with van der Waals surface area (Å²) in [6.45, 7) is 0.933. The Kier molecular flexibility index (Phi) is 4.61. The second-order valence-corrected chi connectivity index (χ2v) is 6.66. The van der Waals surface area contributed by atoms with Crippen LogP contribution < -0.4 is 4.90 Å². The number of aliphatic hydroxyl groups is 2. The summed E-state index contributed by atoms with van der Waals surface area (Å²) in [6.07, 6.45) is 0.668. The molecule has 1 aromatic carbocycles. The topological polar surface area (TPSA) is 64.0 Å². The maximum Gasteiger partial charge on any atom is 0.244 e. The van der Waals surface area contributed by atoms with Crippen LogP contribution in [0.3, 0.4) is 0 Å². The Hall–Kier alpha value is -0.850. The third-order valence-electron chi connectivity index (χ3n) is 4.42. The molecule has 2 fully saturated rings. The predicted molar refractivity (Wildman–Crippen MR) is 85.4 cm³/mol. The number of carbonyl (C=O) groups is 1. The molecule has 5 nitrogen and oxygen atoms in total. The molecule has 22 heavy (non-hydrogen) atoms. The number of rotatable bonds is 3. The summed E-state index contributed by atoms with van der Waals surface area (Å²) in [5.74, 6) is -0.0447. The highest BCUT2D eigenvalue weighted by Gasteiger charge is 2.43. The summed E-state index contributed by atoms with van der Waals surface area (Å²) < 4.78 is 0. The van der Waals surface area contributed by atoms with E-state index in [1.807, 2.05) is 4.90 Å². The molecule has 1 amide bonds. The molecule has 1 aromatic rings. The molecule has 0 radical (unpaired) electrons. The molecule has 2 aliphatic heterocycles. The summed E-state index contributed by atoms with van der Waals surface area (Å²) in [5.41, 5.74) is 0.652. The summed E-state index contributed by atoms with van der Waals surface area (Å²) >= 11 is 12.1. The van der Waals surface area contributed by atoms with Gasteiger partial charge in [-0.3, -0.25) is 9.69 Å². The second kappa shape index (κ2) is 6.34. The van der Waals surface area contributed by atoms with Crippen LogP contribution in [0, 0.1) is 0 Å². The van der Waals surface area contributed by atoms with Crippen LogP contribution in [0.1, 0.15) is 12.8 Å². The van der Waals surface area contributed by atoms with Gasteiger partial charge in [-0.2, -0.15) is 0 Å². The van der Waals surface area contributed by atoms with Gasteiger partial charge in [0.25, 0.3) is 0 Å². The molecule has 7 heteroatoms. The van der Waals surface area contributed by atoms with Crippen molar-refractivity contribution in [1.29, 1.82) is 0 Å². The largest absolute Gasteiger partial charge is 0.395 e. The van der Waals surface area contributed by atoms with E-state index in [1.165, 1.54) is 0 Å². The van der Waals surface area contributed by atoms with Crippen molar-refractivity contribution in [2.24, 2.45) is 0 Å². The van der Waals surface area contributed by atoms with Gasteiger partial charge in [-0.15, -0.1) is 0 Å². The maximum absolute atomic E-state index is 12.7. The van der Waals surface area contributed by atoms with E-state index in [9.17, 15) is 15.0 Å². The Labute approximate surface area is 139 Å². The smallest absolute Gasteiger partial charge is 0.244 e. The molecular formula is C15H18Cl2N2O3. The van der Waals surface area contributed by atoms with Crippen molar-refractivity contribution in [3.05, 3.63) is 28.2 Å². The summed E-state index contributed by atoms with van der Waals surface area (Å²) in [5, 5.41) is 20.2. The second-order valence-electron chi connectivity index (χ2n) is 5.81. The normalized spacial score (nSPS) is 29.5. The van der Waals surface area contributed by atoms with E-state index in [0.29, 0.717) is 41.7 Å². The fourth-order valence-electron chi connectivity index (χ4n) is 3.39. The van der Waals surface area contributed by atoms with Crippen molar-refractivity contribution >= 4 is 34.8 Å². The summed E-state index contributed by atoms with van der Waals surface area (Å²) in [7, 11) is 0. The quantitative estimate of drug-likeness (QED) is 0.872. The lowest BCUT2D eigenvalue weighted by molar-refractivity contribution is -0.122. The van der Waals surface area contributed by atoms with Gasteiger partial charge in [0, 0.05) is 24.2 Å². The first kappa shape index (κ1) is 16.0. The molecule has 2 heterocycles. The van der Waals surface area contributed by atoms with E-state index < -0.39 is 6.10 Å². The first-order valence-corrected chi connectivity index (χ1v) is 8.08. The third-order valence-corrected chi connectivity index (χ3v) is 4.96. The van der Waals surface area contributed by atoms with Crippen molar-refractivity contribution in [3.63, 3.8) is 0 Å². The molecule has 0 aromatic heterocycles. The molecule has 120 valence electrons. The molecular weight excluding hydrogens is 327 g/mol. The van der Waals surface area contributed by atoms with E-state index >= 15 is 0 Å². The third kappa shape index (κ3) is 2.84. The van der Waals surface area contributed by atoms with Crippen molar-refractivity contribution in [2.45, 2.75) is 31.0 Å². The minimum atomic E-state index is -0.488. The molecule has 0 bridgehead atoms. The number of hydrogen-bond acceptors (Lipinski definition) is 4. The SMILES string of the molecule is O=C1C(N2CC(O)CC2CO)CCN1c1ccc(Cl)cc1Cl. The van der Waals surface area contributed by atoms with Crippen molar-refractivity contribution in [3.8, 4) is 0 Å². The lowest BCUT2D eigenvalue weighted by atomic mass is 10.1. The number of halogens is 2. The standard InChI is InChI=1S/C15H18Cl2N2O3/c16-9-1-2-13(12(17)5-9)18-4-3-14(15(18)22)19-7-11(21)6-10(19)8-20/h1-2,5,10-11,14,20-21H,3-4,6-8H2. The number of carbonyl (C=O) groups excluding carboxylic acids is 1. The van der Waals surface area contributed by atoms with Crippen LogP contribution in [-0.2, 0) is 4.79 Å². The lowest BCUT2D eigenvalue weighted by Crippen LogP contribution is -2.46. The highest BCUT2D eigenvalue weighted by atomic mass is 35.5. The highest BCUT2D eigenvalue weighted by Crippen LogP contribution is 2.34. The number of benzene rings is 1. The van der Waals surface area contributed by atoms with Crippen LogP contribution in [-0.4, -0.2) is 58.9 Å².